The van der Waals surface area contributed by atoms with Crippen molar-refractivity contribution in [1.29, 1.82) is 0 Å². The summed E-state index contributed by atoms with van der Waals surface area (Å²) in [5.74, 6) is 6.51. The number of rotatable bonds is 5. The fourth-order valence-corrected chi connectivity index (χ4v) is 3.96. The summed E-state index contributed by atoms with van der Waals surface area (Å²) < 4.78 is 0. The van der Waals surface area contributed by atoms with Gasteiger partial charge in [-0.2, -0.15) is 11.8 Å². The normalized spacial score (nSPS) is 21.8. The first-order valence-electron chi connectivity index (χ1n) is 7.15. The molecule has 0 aromatic heterocycles. The van der Waals surface area contributed by atoms with E-state index in [-0.39, 0.29) is 5.91 Å². The summed E-state index contributed by atoms with van der Waals surface area (Å²) in [6, 6.07) is 5.85. The van der Waals surface area contributed by atoms with Gasteiger partial charge >= 0.3 is 0 Å². The van der Waals surface area contributed by atoms with E-state index < -0.39 is 0 Å². The van der Waals surface area contributed by atoms with Crippen molar-refractivity contribution in [3.05, 3.63) is 29.3 Å². The highest BCUT2D eigenvalue weighted by molar-refractivity contribution is 7.99. The Balaban J connectivity index is 2.04. The van der Waals surface area contributed by atoms with Crippen molar-refractivity contribution in [2.24, 2.45) is 5.84 Å². The second-order valence-electron chi connectivity index (χ2n) is 5.18. The van der Waals surface area contributed by atoms with Gasteiger partial charge < -0.3 is 10.7 Å². The highest BCUT2D eigenvalue weighted by Crippen LogP contribution is 2.30. The molecule has 2 rings (SSSR count). The zero-order chi connectivity index (χ0) is 14.5. The molecule has 1 aliphatic carbocycles. The Bertz CT molecular complexity index is 478. The van der Waals surface area contributed by atoms with E-state index in [1.165, 1.54) is 12.8 Å². The van der Waals surface area contributed by atoms with E-state index in [0.29, 0.717) is 11.3 Å². The van der Waals surface area contributed by atoms with E-state index in [1.54, 1.807) is 0 Å². The highest BCUT2D eigenvalue weighted by Gasteiger charge is 2.28. The van der Waals surface area contributed by atoms with Gasteiger partial charge in [-0.25, -0.2) is 0 Å². The monoisotopic (exact) mass is 293 g/mol. The van der Waals surface area contributed by atoms with E-state index in [1.807, 2.05) is 36.9 Å². The summed E-state index contributed by atoms with van der Waals surface area (Å²) in [5.41, 5.74) is 5.09. The zero-order valence-electron chi connectivity index (χ0n) is 12.1. The van der Waals surface area contributed by atoms with Gasteiger partial charge in [0, 0.05) is 22.5 Å². The van der Waals surface area contributed by atoms with Crippen LogP contribution in [0.2, 0.25) is 0 Å². The maximum Gasteiger partial charge on any atom is 0.251 e. The van der Waals surface area contributed by atoms with E-state index in [0.717, 1.165) is 29.0 Å². The molecule has 110 valence electrons. The van der Waals surface area contributed by atoms with E-state index >= 15 is 0 Å². The molecule has 1 aromatic rings. The molecule has 4 N–H and O–H groups in total. The first-order chi connectivity index (χ1) is 9.65. The number of hydrazine groups is 1. The summed E-state index contributed by atoms with van der Waals surface area (Å²) in [5, 5.41) is 3.76. The summed E-state index contributed by atoms with van der Waals surface area (Å²) >= 11 is 1.95. The van der Waals surface area contributed by atoms with Crippen LogP contribution >= 0.6 is 11.8 Å². The van der Waals surface area contributed by atoms with E-state index in [4.69, 9.17) is 5.84 Å². The van der Waals surface area contributed by atoms with E-state index in [2.05, 4.69) is 17.7 Å². The lowest BCUT2D eigenvalue weighted by Gasteiger charge is -2.20. The molecule has 0 aliphatic heterocycles. The van der Waals surface area contributed by atoms with Crippen molar-refractivity contribution in [3.8, 4) is 0 Å². The predicted molar refractivity (Wildman–Crippen MR) is 86.0 cm³/mol. The number of amides is 1. The Morgan fingerprint density at radius 3 is 2.90 bits per heavy atom. The lowest BCUT2D eigenvalue weighted by Crippen LogP contribution is -2.39. The molecule has 2 atom stereocenters. The number of thioether (sulfide) groups is 1. The third-order valence-electron chi connectivity index (χ3n) is 3.79. The van der Waals surface area contributed by atoms with Crippen LogP contribution in [0.15, 0.2) is 18.2 Å². The maximum atomic E-state index is 12.4. The molecule has 0 bridgehead atoms. The van der Waals surface area contributed by atoms with Crippen LogP contribution in [0.5, 0.6) is 0 Å². The summed E-state index contributed by atoms with van der Waals surface area (Å²) in [4.78, 5) is 12.4. The van der Waals surface area contributed by atoms with Crippen LogP contribution in [0.1, 0.15) is 42.1 Å². The number of carbonyl (C=O) groups excluding carboxylic acids is 1. The third-order valence-corrected chi connectivity index (χ3v) is 5.11. The maximum absolute atomic E-state index is 12.4. The summed E-state index contributed by atoms with van der Waals surface area (Å²) in [6.07, 6.45) is 3.50. The van der Waals surface area contributed by atoms with Crippen molar-refractivity contribution in [3.63, 3.8) is 0 Å². The number of hydrogen-bond acceptors (Lipinski definition) is 4. The number of benzene rings is 1. The van der Waals surface area contributed by atoms with Crippen LogP contribution < -0.4 is 16.6 Å². The van der Waals surface area contributed by atoms with Crippen LogP contribution in [0.4, 0.5) is 5.69 Å². The molecule has 2 unspecified atom stereocenters. The number of nitrogens with two attached hydrogens (primary N) is 1. The highest BCUT2D eigenvalue weighted by atomic mass is 32.2. The fraction of sp³-hybridized carbons (Fsp3) is 0.533. The summed E-state index contributed by atoms with van der Waals surface area (Å²) in [7, 11) is 0. The van der Waals surface area contributed by atoms with Crippen molar-refractivity contribution in [2.75, 3.05) is 11.2 Å². The van der Waals surface area contributed by atoms with Crippen molar-refractivity contribution < 1.29 is 4.79 Å². The van der Waals surface area contributed by atoms with Gasteiger partial charge in [-0.05, 0) is 49.3 Å². The number of aryl methyl sites for hydroxylation is 1. The Labute approximate surface area is 124 Å². The Morgan fingerprint density at radius 2 is 2.25 bits per heavy atom. The minimum absolute atomic E-state index is 0.0275. The number of hydrogen-bond donors (Lipinski definition) is 3. The molecule has 1 amide bonds. The first-order valence-corrected chi connectivity index (χ1v) is 8.20. The van der Waals surface area contributed by atoms with Crippen molar-refractivity contribution >= 4 is 23.4 Å². The minimum atomic E-state index is 0.0275. The number of nitrogen functional groups attached to an aromatic ring is 1. The van der Waals surface area contributed by atoms with E-state index in [9.17, 15) is 4.79 Å². The van der Waals surface area contributed by atoms with Crippen molar-refractivity contribution in [2.45, 2.75) is 44.4 Å². The molecule has 1 aromatic carbocycles. The lowest BCUT2D eigenvalue weighted by atomic mass is 10.1. The van der Waals surface area contributed by atoms with Crippen molar-refractivity contribution in [1.82, 2.24) is 5.32 Å². The Morgan fingerprint density at radius 1 is 1.45 bits per heavy atom. The standard InChI is InChI=1S/C15H23N3OS/c1-3-20-14-6-4-5-13(14)17-15(19)12-8-7-11(18-16)9-10(12)2/h7-9,13-14,18H,3-6,16H2,1-2H3,(H,17,19). The lowest BCUT2D eigenvalue weighted by molar-refractivity contribution is 0.0938. The molecule has 1 aliphatic rings. The fourth-order valence-electron chi connectivity index (χ4n) is 2.76. The average Bonchev–Trinajstić information content (AvgIpc) is 2.86. The SMILES string of the molecule is CCSC1CCCC1NC(=O)c1ccc(NN)cc1C. The van der Waals surface area contributed by atoms with Gasteiger partial charge in [-0.3, -0.25) is 10.6 Å². The number of carbonyl (C=O) groups is 1. The van der Waals surface area contributed by atoms with Crippen LogP contribution in [0, 0.1) is 6.92 Å². The molecule has 0 saturated heterocycles. The van der Waals surface area contributed by atoms with Gasteiger partial charge in [-0.15, -0.1) is 0 Å². The Hall–Kier alpha value is -1.20. The smallest absolute Gasteiger partial charge is 0.251 e. The van der Waals surface area contributed by atoms with Crippen LogP contribution in [0.25, 0.3) is 0 Å². The van der Waals surface area contributed by atoms with Crippen LogP contribution in [-0.2, 0) is 0 Å². The minimum Gasteiger partial charge on any atom is -0.348 e. The second-order valence-corrected chi connectivity index (χ2v) is 6.69. The van der Waals surface area contributed by atoms with Gasteiger partial charge in [0.15, 0.2) is 0 Å². The van der Waals surface area contributed by atoms with Gasteiger partial charge in [0.1, 0.15) is 0 Å². The first kappa shape index (κ1) is 15.2. The van der Waals surface area contributed by atoms with Gasteiger partial charge in [0.25, 0.3) is 5.91 Å². The molecule has 1 saturated carbocycles. The average molecular weight is 293 g/mol. The molecular weight excluding hydrogens is 270 g/mol. The van der Waals surface area contributed by atoms with Crippen LogP contribution in [-0.4, -0.2) is 23.0 Å². The Kier molecular flexibility index (Phi) is 5.31. The molecule has 4 nitrogen and oxygen atoms in total. The zero-order valence-corrected chi connectivity index (χ0v) is 12.9. The topological polar surface area (TPSA) is 67.2 Å². The molecule has 0 spiro atoms. The molecule has 5 heteroatoms. The van der Waals surface area contributed by atoms with Gasteiger partial charge in [0.2, 0.25) is 0 Å². The quantitative estimate of drug-likeness (QED) is 0.577. The van der Waals surface area contributed by atoms with Gasteiger partial charge in [-0.1, -0.05) is 13.3 Å². The third kappa shape index (κ3) is 3.46. The van der Waals surface area contributed by atoms with Crippen LogP contribution in [0.3, 0.4) is 0 Å². The molecule has 1 fully saturated rings. The second kappa shape index (κ2) is 6.99. The molecular formula is C15H23N3OS. The molecule has 0 radical (unpaired) electrons. The number of anilines is 1. The molecule has 0 heterocycles. The number of nitrogens with one attached hydrogen (secondary N) is 2. The molecule has 20 heavy (non-hydrogen) atoms. The summed E-state index contributed by atoms with van der Waals surface area (Å²) in [6.45, 7) is 4.10. The predicted octanol–water partition coefficient (Wildman–Crippen LogP) is 2.68. The largest absolute Gasteiger partial charge is 0.348 e. The van der Waals surface area contributed by atoms with Gasteiger partial charge in [0.05, 0.1) is 0 Å².